The first-order valence-electron chi connectivity index (χ1n) is 6.91. The first-order chi connectivity index (χ1) is 9.24. The van der Waals surface area contributed by atoms with Crippen molar-refractivity contribution in [2.24, 2.45) is 5.92 Å². The fraction of sp³-hybridized carbons (Fsp3) is 0.533. The van der Waals surface area contributed by atoms with Gasteiger partial charge in [0.1, 0.15) is 0 Å². The highest BCUT2D eigenvalue weighted by molar-refractivity contribution is 5.79. The molecule has 4 nitrogen and oxygen atoms in total. The summed E-state index contributed by atoms with van der Waals surface area (Å²) in [7, 11) is 0. The standard InChI is InChI=1S/C15H19NO3/c1-11(15(17)16-6-2-3-7-16)8-12-4-5-13-14(9-12)19-10-18-13/h4-5,9,11H,2-3,6-8,10H2,1H3. The van der Waals surface area contributed by atoms with E-state index >= 15 is 0 Å². The van der Waals surface area contributed by atoms with E-state index in [2.05, 4.69) is 0 Å². The van der Waals surface area contributed by atoms with Gasteiger partial charge in [0, 0.05) is 19.0 Å². The van der Waals surface area contributed by atoms with Crippen molar-refractivity contribution in [1.29, 1.82) is 0 Å². The first-order valence-corrected chi connectivity index (χ1v) is 6.91. The van der Waals surface area contributed by atoms with Gasteiger partial charge in [0.25, 0.3) is 0 Å². The molecular formula is C15H19NO3. The van der Waals surface area contributed by atoms with E-state index in [1.165, 1.54) is 0 Å². The predicted molar refractivity (Wildman–Crippen MR) is 71.2 cm³/mol. The number of rotatable bonds is 3. The maximum absolute atomic E-state index is 12.3. The SMILES string of the molecule is CC(Cc1ccc2c(c1)OCO2)C(=O)N1CCCC1. The molecule has 2 heterocycles. The van der Waals surface area contributed by atoms with Crippen molar-refractivity contribution >= 4 is 5.91 Å². The van der Waals surface area contributed by atoms with Gasteiger partial charge in [0.2, 0.25) is 12.7 Å². The number of hydrogen-bond acceptors (Lipinski definition) is 3. The number of carbonyl (C=O) groups is 1. The van der Waals surface area contributed by atoms with E-state index in [0.29, 0.717) is 6.79 Å². The lowest BCUT2D eigenvalue weighted by Gasteiger charge is -2.20. The number of ether oxygens (including phenoxy) is 2. The van der Waals surface area contributed by atoms with Crippen molar-refractivity contribution in [2.75, 3.05) is 19.9 Å². The topological polar surface area (TPSA) is 38.8 Å². The summed E-state index contributed by atoms with van der Waals surface area (Å²) in [6.45, 7) is 4.14. The molecule has 1 aromatic rings. The Balaban J connectivity index is 1.65. The minimum atomic E-state index is 0.0264. The van der Waals surface area contributed by atoms with Crippen LogP contribution in [0.5, 0.6) is 11.5 Å². The second-order valence-corrected chi connectivity index (χ2v) is 5.33. The molecule has 1 fully saturated rings. The molecule has 4 heteroatoms. The largest absolute Gasteiger partial charge is 0.454 e. The summed E-state index contributed by atoms with van der Waals surface area (Å²) >= 11 is 0. The van der Waals surface area contributed by atoms with E-state index in [-0.39, 0.29) is 11.8 Å². The van der Waals surface area contributed by atoms with Crippen molar-refractivity contribution in [3.63, 3.8) is 0 Å². The number of carbonyl (C=O) groups excluding carboxylic acids is 1. The van der Waals surface area contributed by atoms with E-state index in [4.69, 9.17) is 9.47 Å². The van der Waals surface area contributed by atoms with Gasteiger partial charge in [-0.15, -0.1) is 0 Å². The second-order valence-electron chi connectivity index (χ2n) is 5.33. The van der Waals surface area contributed by atoms with Crippen molar-refractivity contribution in [1.82, 2.24) is 4.90 Å². The zero-order chi connectivity index (χ0) is 13.2. The third kappa shape index (κ3) is 2.53. The average Bonchev–Trinajstić information content (AvgIpc) is 3.08. The molecule has 0 bridgehead atoms. The van der Waals surface area contributed by atoms with E-state index in [1.54, 1.807) is 0 Å². The number of fused-ring (bicyclic) bond motifs is 1. The van der Waals surface area contributed by atoms with Gasteiger partial charge >= 0.3 is 0 Å². The Kier molecular flexibility index (Phi) is 3.32. The molecule has 2 aliphatic heterocycles. The maximum atomic E-state index is 12.3. The lowest BCUT2D eigenvalue weighted by atomic mass is 9.99. The van der Waals surface area contributed by atoms with Crippen LogP contribution in [0, 0.1) is 5.92 Å². The fourth-order valence-electron chi connectivity index (χ4n) is 2.76. The van der Waals surface area contributed by atoms with Crippen LogP contribution in [0.3, 0.4) is 0 Å². The van der Waals surface area contributed by atoms with Gasteiger partial charge in [-0.3, -0.25) is 4.79 Å². The summed E-state index contributed by atoms with van der Waals surface area (Å²) in [6, 6.07) is 5.92. The third-order valence-corrected chi connectivity index (χ3v) is 3.82. The fourth-order valence-corrected chi connectivity index (χ4v) is 2.76. The minimum Gasteiger partial charge on any atom is -0.454 e. The van der Waals surface area contributed by atoms with Crippen LogP contribution in [0.25, 0.3) is 0 Å². The monoisotopic (exact) mass is 261 g/mol. The number of hydrogen-bond donors (Lipinski definition) is 0. The molecule has 0 spiro atoms. The third-order valence-electron chi connectivity index (χ3n) is 3.82. The lowest BCUT2D eigenvalue weighted by molar-refractivity contribution is -0.133. The molecular weight excluding hydrogens is 242 g/mol. The van der Waals surface area contributed by atoms with Gasteiger partial charge in [-0.1, -0.05) is 13.0 Å². The Morgan fingerprint density at radius 2 is 2.00 bits per heavy atom. The molecule has 102 valence electrons. The van der Waals surface area contributed by atoms with Crippen molar-refractivity contribution in [3.8, 4) is 11.5 Å². The predicted octanol–water partition coefficient (Wildman–Crippen LogP) is 2.22. The first kappa shape index (κ1) is 12.3. The van der Waals surface area contributed by atoms with Gasteiger partial charge in [0.05, 0.1) is 0 Å². The molecule has 1 amide bonds. The molecule has 3 rings (SSSR count). The maximum Gasteiger partial charge on any atom is 0.231 e. The Bertz CT molecular complexity index is 480. The molecule has 1 atom stereocenters. The van der Waals surface area contributed by atoms with E-state index in [9.17, 15) is 4.79 Å². The summed E-state index contributed by atoms with van der Waals surface area (Å²) in [5.74, 6) is 1.88. The summed E-state index contributed by atoms with van der Waals surface area (Å²) in [5, 5.41) is 0. The summed E-state index contributed by atoms with van der Waals surface area (Å²) in [5.41, 5.74) is 1.13. The zero-order valence-corrected chi connectivity index (χ0v) is 11.2. The Morgan fingerprint density at radius 3 is 2.79 bits per heavy atom. The molecule has 0 saturated carbocycles. The Hall–Kier alpha value is -1.71. The van der Waals surface area contributed by atoms with Gasteiger partial charge in [-0.05, 0) is 37.0 Å². The highest BCUT2D eigenvalue weighted by Crippen LogP contribution is 2.33. The Morgan fingerprint density at radius 1 is 1.26 bits per heavy atom. The van der Waals surface area contributed by atoms with Crippen LogP contribution in [0.1, 0.15) is 25.3 Å². The van der Waals surface area contributed by atoms with Crippen molar-refractivity contribution in [2.45, 2.75) is 26.2 Å². The molecule has 0 aromatic heterocycles. The van der Waals surface area contributed by atoms with Crippen LogP contribution < -0.4 is 9.47 Å². The molecule has 0 radical (unpaired) electrons. The van der Waals surface area contributed by atoms with Crippen molar-refractivity contribution < 1.29 is 14.3 Å². The molecule has 1 saturated heterocycles. The highest BCUT2D eigenvalue weighted by atomic mass is 16.7. The van der Waals surface area contributed by atoms with Crippen LogP contribution in [-0.2, 0) is 11.2 Å². The molecule has 0 N–H and O–H groups in total. The van der Waals surface area contributed by atoms with Gasteiger partial charge in [-0.25, -0.2) is 0 Å². The highest BCUT2D eigenvalue weighted by Gasteiger charge is 2.24. The minimum absolute atomic E-state index is 0.0264. The summed E-state index contributed by atoms with van der Waals surface area (Å²) < 4.78 is 10.7. The molecule has 2 aliphatic rings. The Labute approximate surface area is 113 Å². The van der Waals surface area contributed by atoms with Gasteiger partial charge in [-0.2, -0.15) is 0 Å². The number of nitrogens with zero attached hydrogens (tertiary/aromatic N) is 1. The quantitative estimate of drug-likeness (QED) is 0.837. The number of amides is 1. The van der Waals surface area contributed by atoms with Crippen LogP contribution in [0.2, 0.25) is 0 Å². The lowest BCUT2D eigenvalue weighted by Crippen LogP contribution is -2.33. The molecule has 1 unspecified atom stereocenters. The summed E-state index contributed by atoms with van der Waals surface area (Å²) in [6.07, 6.45) is 3.04. The van der Waals surface area contributed by atoms with Crippen LogP contribution in [0.15, 0.2) is 18.2 Å². The van der Waals surface area contributed by atoms with E-state index in [0.717, 1.165) is 49.4 Å². The second kappa shape index (κ2) is 5.11. The van der Waals surface area contributed by atoms with Gasteiger partial charge < -0.3 is 14.4 Å². The van der Waals surface area contributed by atoms with Gasteiger partial charge in [0.15, 0.2) is 11.5 Å². The van der Waals surface area contributed by atoms with E-state index < -0.39 is 0 Å². The van der Waals surface area contributed by atoms with Crippen LogP contribution >= 0.6 is 0 Å². The number of likely N-dealkylation sites (tertiary alicyclic amines) is 1. The molecule has 1 aromatic carbocycles. The zero-order valence-electron chi connectivity index (χ0n) is 11.2. The van der Waals surface area contributed by atoms with E-state index in [1.807, 2.05) is 30.0 Å². The normalized spacial score (nSPS) is 18.7. The summed E-state index contributed by atoms with van der Waals surface area (Å²) in [4.78, 5) is 14.2. The smallest absolute Gasteiger partial charge is 0.231 e. The molecule has 19 heavy (non-hydrogen) atoms. The number of benzene rings is 1. The molecule has 0 aliphatic carbocycles. The van der Waals surface area contributed by atoms with Crippen LogP contribution in [-0.4, -0.2) is 30.7 Å². The van der Waals surface area contributed by atoms with Crippen LogP contribution in [0.4, 0.5) is 0 Å². The van der Waals surface area contributed by atoms with Crippen molar-refractivity contribution in [3.05, 3.63) is 23.8 Å². The average molecular weight is 261 g/mol.